The van der Waals surface area contributed by atoms with Gasteiger partial charge < -0.3 is 10.1 Å². The van der Waals surface area contributed by atoms with E-state index in [9.17, 15) is 9.59 Å². The number of carbonyl (C=O) groups is 2. The molecule has 1 heterocycles. The summed E-state index contributed by atoms with van der Waals surface area (Å²) in [4.78, 5) is 23.9. The fourth-order valence-corrected chi connectivity index (χ4v) is 2.27. The first-order valence-electron chi connectivity index (χ1n) is 7.85. The standard InChI is InChI=1S/C17H23N3O3/c1-4-12(2)18-16(21)11-20-17(22)10-9-15(19-20)13-5-7-14(23-3)8-6-13/h5-8,12H,4,9-11H2,1-3H3,(H,18,21)/t12-/m0/s1. The summed E-state index contributed by atoms with van der Waals surface area (Å²) in [5, 5.41) is 8.47. The molecule has 2 rings (SSSR count). The Hall–Kier alpha value is -2.37. The molecule has 1 N–H and O–H groups in total. The van der Waals surface area contributed by atoms with E-state index in [2.05, 4.69) is 10.4 Å². The predicted octanol–water partition coefficient (Wildman–Crippen LogP) is 1.94. The molecular weight excluding hydrogens is 294 g/mol. The van der Waals surface area contributed by atoms with Gasteiger partial charge in [0.1, 0.15) is 12.3 Å². The summed E-state index contributed by atoms with van der Waals surface area (Å²) in [5.74, 6) is 0.458. The second kappa shape index (κ2) is 7.76. The normalized spacial score (nSPS) is 15.9. The van der Waals surface area contributed by atoms with Crippen molar-refractivity contribution in [3.63, 3.8) is 0 Å². The Morgan fingerprint density at radius 2 is 2.04 bits per heavy atom. The van der Waals surface area contributed by atoms with Crippen LogP contribution in [0.15, 0.2) is 29.4 Å². The number of methoxy groups -OCH3 is 1. The number of amides is 2. The van der Waals surface area contributed by atoms with Crippen molar-refractivity contribution >= 4 is 17.5 Å². The quantitative estimate of drug-likeness (QED) is 0.871. The minimum Gasteiger partial charge on any atom is -0.497 e. The van der Waals surface area contributed by atoms with Crippen LogP contribution >= 0.6 is 0 Å². The van der Waals surface area contributed by atoms with Crippen molar-refractivity contribution in [3.8, 4) is 5.75 Å². The molecule has 2 amide bonds. The van der Waals surface area contributed by atoms with Crippen LogP contribution < -0.4 is 10.1 Å². The number of nitrogens with one attached hydrogen (secondary N) is 1. The SMILES string of the molecule is CC[C@H](C)NC(=O)CN1N=C(c2ccc(OC)cc2)CCC1=O. The van der Waals surface area contributed by atoms with Gasteiger partial charge in [-0.05, 0) is 43.2 Å². The summed E-state index contributed by atoms with van der Waals surface area (Å²) in [5.41, 5.74) is 1.74. The van der Waals surface area contributed by atoms with E-state index < -0.39 is 0 Å². The maximum absolute atomic E-state index is 12.0. The van der Waals surface area contributed by atoms with E-state index in [-0.39, 0.29) is 24.4 Å². The first-order valence-corrected chi connectivity index (χ1v) is 7.85. The van der Waals surface area contributed by atoms with Gasteiger partial charge in [-0.15, -0.1) is 0 Å². The van der Waals surface area contributed by atoms with Gasteiger partial charge in [-0.2, -0.15) is 5.10 Å². The highest BCUT2D eigenvalue weighted by Gasteiger charge is 2.23. The van der Waals surface area contributed by atoms with Gasteiger partial charge in [-0.25, -0.2) is 5.01 Å². The van der Waals surface area contributed by atoms with E-state index in [4.69, 9.17) is 4.74 Å². The lowest BCUT2D eigenvalue weighted by atomic mass is 10.0. The third kappa shape index (κ3) is 4.55. The molecule has 1 aliphatic rings. The number of hydrogen-bond acceptors (Lipinski definition) is 4. The molecular formula is C17H23N3O3. The number of rotatable bonds is 6. The summed E-state index contributed by atoms with van der Waals surface area (Å²) in [6.07, 6.45) is 1.79. The Kier molecular flexibility index (Phi) is 5.73. The van der Waals surface area contributed by atoms with Gasteiger partial charge >= 0.3 is 0 Å². The van der Waals surface area contributed by atoms with Crippen molar-refractivity contribution in [2.45, 2.75) is 39.2 Å². The van der Waals surface area contributed by atoms with Crippen LogP contribution in [0.3, 0.4) is 0 Å². The summed E-state index contributed by atoms with van der Waals surface area (Å²) >= 11 is 0. The largest absolute Gasteiger partial charge is 0.497 e. The third-order valence-corrected chi connectivity index (χ3v) is 3.84. The van der Waals surface area contributed by atoms with Crippen LogP contribution in [0.4, 0.5) is 0 Å². The average molecular weight is 317 g/mol. The highest BCUT2D eigenvalue weighted by Crippen LogP contribution is 2.18. The van der Waals surface area contributed by atoms with Crippen molar-refractivity contribution in [2.75, 3.05) is 13.7 Å². The molecule has 1 aromatic rings. The molecule has 1 aliphatic heterocycles. The van der Waals surface area contributed by atoms with Crippen molar-refractivity contribution in [2.24, 2.45) is 5.10 Å². The summed E-state index contributed by atoms with van der Waals surface area (Å²) < 4.78 is 5.14. The van der Waals surface area contributed by atoms with Crippen LogP contribution in [0.1, 0.15) is 38.7 Å². The van der Waals surface area contributed by atoms with Crippen LogP contribution in [-0.2, 0) is 9.59 Å². The fourth-order valence-electron chi connectivity index (χ4n) is 2.27. The molecule has 0 saturated carbocycles. The fraction of sp³-hybridized carbons (Fsp3) is 0.471. The van der Waals surface area contributed by atoms with Crippen molar-refractivity contribution in [1.82, 2.24) is 10.3 Å². The maximum atomic E-state index is 12.0. The smallest absolute Gasteiger partial charge is 0.243 e. The van der Waals surface area contributed by atoms with E-state index in [0.717, 1.165) is 23.4 Å². The van der Waals surface area contributed by atoms with Crippen LogP contribution in [0.2, 0.25) is 0 Å². The van der Waals surface area contributed by atoms with Crippen molar-refractivity contribution < 1.29 is 14.3 Å². The van der Waals surface area contributed by atoms with Gasteiger partial charge in [-0.3, -0.25) is 9.59 Å². The molecule has 6 heteroatoms. The molecule has 0 aliphatic carbocycles. The van der Waals surface area contributed by atoms with Crippen LogP contribution in [0.25, 0.3) is 0 Å². The van der Waals surface area contributed by atoms with Crippen LogP contribution in [-0.4, -0.2) is 42.2 Å². The molecule has 0 radical (unpaired) electrons. The van der Waals surface area contributed by atoms with E-state index in [1.807, 2.05) is 38.1 Å². The van der Waals surface area contributed by atoms with Gasteiger partial charge in [0, 0.05) is 18.9 Å². The van der Waals surface area contributed by atoms with Crippen LogP contribution in [0.5, 0.6) is 5.75 Å². The minimum atomic E-state index is -0.188. The molecule has 0 saturated heterocycles. The van der Waals surface area contributed by atoms with Gasteiger partial charge in [0.15, 0.2) is 0 Å². The van der Waals surface area contributed by atoms with Crippen LogP contribution in [0, 0.1) is 0 Å². The van der Waals surface area contributed by atoms with E-state index in [1.165, 1.54) is 5.01 Å². The molecule has 0 fully saturated rings. The molecule has 124 valence electrons. The lowest BCUT2D eigenvalue weighted by molar-refractivity contribution is -0.136. The maximum Gasteiger partial charge on any atom is 0.243 e. The van der Waals surface area contributed by atoms with Gasteiger partial charge in [0.2, 0.25) is 11.8 Å². The van der Waals surface area contributed by atoms with E-state index >= 15 is 0 Å². The number of ether oxygens (including phenoxy) is 1. The molecule has 1 atom stereocenters. The molecule has 0 spiro atoms. The Bertz CT molecular complexity index is 596. The number of carbonyl (C=O) groups excluding carboxylic acids is 2. The highest BCUT2D eigenvalue weighted by molar-refractivity contribution is 6.04. The number of nitrogens with zero attached hydrogens (tertiary/aromatic N) is 2. The summed E-state index contributed by atoms with van der Waals surface area (Å²) in [6.45, 7) is 3.89. The minimum absolute atomic E-state index is 0.0389. The number of hydrazone groups is 1. The monoisotopic (exact) mass is 317 g/mol. The van der Waals surface area contributed by atoms with Gasteiger partial charge in [-0.1, -0.05) is 6.92 Å². The average Bonchev–Trinajstić information content (AvgIpc) is 2.56. The molecule has 23 heavy (non-hydrogen) atoms. The summed E-state index contributed by atoms with van der Waals surface area (Å²) in [7, 11) is 1.61. The van der Waals surface area contributed by atoms with Gasteiger partial charge in [0.05, 0.1) is 12.8 Å². The van der Waals surface area contributed by atoms with Crippen molar-refractivity contribution in [1.29, 1.82) is 0 Å². The van der Waals surface area contributed by atoms with E-state index in [0.29, 0.717) is 12.8 Å². The topological polar surface area (TPSA) is 71.0 Å². The zero-order valence-electron chi connectivity index (χ0n) is 13.8. The molecule has 0 bridgehead atoms. The Morgan fingerprint density at radius 3 is 2.65 bits per heavy atom. The highest BCUT2D eigenvalue weighted by atomic mass is 16.5. The lowest BCUT2D eigenvalue weighted by Gasteiger charge is -2.24. The Labute approximate surface area is 136 Å². The predicted molar refractivity (Wildman–Crippen MR) is 88.4 cm³/mol. The third-order valence-electron chi connectivity index (χ3n) is 3.84. The second-order valence-electron chi connectivity index (χ2n) is 5.60. The zero-order valence-corrected chi connectivity index (χ0v) is 13.8. The number of hydrogen-bond donors (Lipinski definition) is 1. The second-order valence-corrected chi connectivity index (χ2v) is 5.60. The van der Waals surface area contributed by atoms with E-state index in [1.54, 1.807) is 7.11 Å². The van der Waals surface area contributed by atoms with Crippen molar-refractivity contribution in [3.05, 3.63) is 29.8 Å². The summed E-state index contributed by atoms with van der Waals surface area (Å²) in [6, 6.07) is 7.62. The number of benzene rings is 1. The molecule has 6 nitrogen and oxygen atoms in total. The first-order chi connectivity index (χ1) is 11.0. The Balaban J connectivity index is 2.09. The molecule has 0 aromatic heterocycles. The lowest BCUT2D eigenvalue weighted by Crippen LogP contribution is -2.42. The molecule has 0 unspecified atom stereocenters. The first kappa shape index (κ1) is 17.0. The Morgan fingerprint density at radius 1 is 1.35 bits per heavy atom. The molecule has 1 aromatic carbocycles. The van der Waals surface area contributed by atoms with Gasteiger partial charge in [0.25, 0.3) is 0 Å². The zero-order chi connectivity index (χ0) is 16.8.